The zero-order chi connectivity index (χ0) is 17.6. The molecule has 2 N–H and O–H groups in total. The van der Waals surface area contributed by atoms with Gasteiger partial charge in [-0.3, -0.25) is 0 Å². The monoisotopic (exact) mass is 402 g/mol. The lowest BCUT2D eigenvalue weighted by atomic mass is 10.0. The van der Waals surface area contributed by atoms with Crippen molar-refractivity contribution in [2.45, 2.75) is 38.3 Å². The van der Waals surface area contributed by atoms with E-state index in [4.69, 9.17) is 4.74 Å². The van der Waals surface area contributed by atoms with Crippen molar-refractivity contribution < 1.29 is 9.53 Å². The van der Waals surface area contributed by atoms with Crippen LogP contribution in [0.25, 0.3) is 0 Å². The van der Waals surface area contributed by atoms with Gasteiger partial charge in [-0.15, -0.1) is 0 Å². The number of aryl methyl sites for hydroxylation is 1. The van der Waals surface area contributed by atoms with Crippen LogP contribution in [0, 0.1) is 0 Å². The maximum Gasteiger partial charge on any atom is 0.315 e. The van der Waals surface area contributed by atoms with Gasteiger partial charge in [0, 0.05) is 22.5 Å². The smallest absolute Gasteiger partial charge is 0.315 e. The molecule has 4 nitrogen and oxygen atoms in total. The molecule has 0 bridgehead atoms. The van der Waals surface area contributed by atoms with E-state index in [2.05, 4.69) is 38.7 Å². The van der Waals surface area contributed by atoms with Crippen molar-refractivity contribution >= 4 is 22.0 Å². The summed E-state index contributed by atoms with van der Waals surface area (Å²) >= 11 is 3.48. The molecule has 25 heavy (non-hydrogen) atoms. The van der Waals surface area contributed by atoms with E-state index in [1.54, 1.807) is 0 Å². The van der Waals surface area contributed by atoms with E-state index < -0.39 is 0 Å². The number of rotatable bonds is 5. The molecule has 132 valence electrons. The number of nitrogens with one attached hydrogen (secondary N) is 2. The summed E-state index contributed by atoms with van der Waals surface area (Å²) in [7, 11) is 0. The molecule has 0 radical (unpaired) electrons. The van der Waals surface area contributed by atoms with Gasteiger partial charge in [0.05, 0.1) is 12.6 Å². The van der Waals surface area contributed by atoms with E-state index in [0.717, 1.165) is 35.0 Å². The lowest BCUT2D eigenvalue weighted by molar-refractivity contribution is 0.220. The summed E-state index contributed by atoms with van der Waals surface area (Å²) in [6, 6.07) is 16.2. The zero-order valence-electron chi connectivity index (χ0n) is 14.3. The Kier molecular flexibility index (Phi) is 5.97. The van der Waals surface area contributed by atoms with E-state index in [1.807, 2.05) is 43.3 Å². The van der Waals surface area contributed by atoms with Crippen molar-refractivity contribution in [2.24, 2.45) is 0 Å². The fourth-order valence-electron chi connectivity index (χ4n) is 3.04. The van der Waals surface area contributed by atoms with Crippen LogP contribution in [0.2, 0.25) is 0 Å². The van der Waals surface area contributed by atoms with Crippen LogP contribution in [-0.4, -0.2) is 18.7 Å². The number of ether oxygens (including phenoxy) is 1. The molecule has 2 aromatic rings. The van der Waals surface area contributed by atoms with Gasteiger partial charge in [-0.05, 0) is 43.5 Å². The van der Waals surface area contributed by atoms with Crippen LogP contribution >= 0.6 is 15.9 Å². The van der Waals surface area contributed by atoms with E-state index in [-0.39, 0.29) is 18.1 Å². The third-order valence-electron chi connectivity index (χ3n) is 4.40. The van der Waals surface area contributed by atoms with Crippen LogP contribution in [0.1, 0.15) is 36.9 Å². The van der Waals surface area contributed by atoms with Crippen LogP contribution in [0.4, 0.5) is 4.79 Å². The summed E-state index contributed by atoms with van der Waals surface area (Å²) in [6.07, 6.45) is 2.64. The number of hydrogen-bond acceptors (Lipinski definition) is 2. The Morgan fingerprint density at radius 3 is 2.88 bits per heavy atom. The highest BCUT2D eigenvalue weighted by Crippen LogP contribution is 2.34. The fraction of sp³-hybridized carbons (Fsp3) is 0.350. The van der Waals surface area contributed by atoms with E-state index in [0.29, 0.717) is 6.61 Å². The highest BCUT2D eigenvalue weighted by molar-refractivity contribution is 9.10. The molecule has 2 atom stereocenters. The summed E-state index contributed by atoms with van der Waals surface area (Å²) in [5.74, 6) is 0.844. The number of hydrogen-bond donors (Lipinski definition) is 2. The second-order valence-electron chi connectivity index (χ2n) is 6.41. The van der Waals surface area contributed by atoms with Gasteiger partial charge < -0.3 is 15.4 Å². The molecular formula is C20H23BrN2O2. The summed E-state index contributed by atoms with van der Waals surface area (Å²) in [5.41, 5.74) is 2.31. The minimum atomic E-state index is -0.126. The van der Waals surface area contributed by atoms with Gasteiger partial charge >= 0.3 is 6.03 Å². The average molecular weight is 403 g/mol. The zero-order valence-corrected chi connectivity index (χ0v) is 15.9. The molecular weight excluding hydrogens is 380 g/mol. The van der Waals surface area contributed by atoms with Crippen molar-refractivity contribution in [2.75, 3.05) is 6.61 Å². The number of urea groups is 1. The lowest BCUT2D eigenvalue weighted by Crippen LogP contribution is -2.43. The summed E-state index contributed by atoms with van der Waals surface area (Å²) < 4.78 is 6.65. The highest BCUT2D eigenvalue weighted by atomic mass is 79.9. The average Bonchev–Trinajstić information content (AvgIpc) is 2.61. The summed E-state index contributed by atoms with van der Waals surface area (Å²) in [4.78, 5) is 12.4. The number of benzene rings is 2. The number of fused-ring (bicyclic) bond motifs is 1. The molecule has 1 aliphatic heterocycles. The molecule has 1 aliphatic rings. The van der Waals surface area contributed by atoms with Gasteiger partial charge in [-0.1, -0.05) is 46.3 Å². The van der Waals surface area contributed by atoms with Crippen LogP contribution < -0.4 is 15.4 Å². The lowest BCUT2D eigenvalue weighted by Gasteiger charge is -2.27. The van der Waals surface area contributed by atoms with Crippen LogP contribution in [0.3, 0.4) is 0 Å². The Morgan fingerprint density at radius 2 is 2.08 bits per heavy atom. The summed E-state index contributed by atoms with van der Waals surface area (Å²) in [5, 5.41) is 6.12. The topological polar surface area (TPSA) is 50.4 Å². The second-order valence-corrected chi connectivity index (χ2v) is 7.33. The molecule has 3 rings (SSSR count). The van der Waals surface area contributed by atoms with Crippen molar-refractivity contribution in [3.05, 3.63) is 64.1 Å². The van der Waals surface area contributed by atoms with Gasteiger partial charge in [0.15, 0.2) is 0 Å². The van der Waals surface area contributed by atoms with E-state index in [9.17, 15) is 4.79 Å². The van der Waals surface area contributed by atoms with Crippen molar-refractivity contribution in [3.8, 4) is 5.75 Å². The first-order chi connectivity index (χ1) is 12.1. The van der Waals surface area contributed by atoms with Gasteiger partial charge in [-0.25, -0.2) is 4.79 Å². The highest BCUT2D eigenvalue weighted by Gasteiger charge is 2.23. The molecule has 1 heterocycles. The minimum Gasteiger partial charge on any atom is -0.493 e. The maximum absolute atomic E-state index is 12.4. The maximum atomic E-state index is 12.4. The Labute approximate surface area is 157 Å². The van der Waals surface area contributed by atoms with Gasteiger partial charge in [0.25, 0.3) is 0 Å². The number of carbonyl (C=O) groups is 1. The first-order valence-electron chi connectivity index (χ1n) is 8.65. The Hall–Kier alpha value is -2.01. The Morgan fingerprint density at radius 1 is 1.28 bits per heavy atom. The van der Waals surface area contributed by atoms with Crippen molar-refractivity contribution in [1.82, 2.24) is 10.6 Å². The van der Waals surface area contributed by atoms with E-state index >= 15 is 0 Å². The number of carbonyl (C=O) groups excluding carboxylic acids is 1. The molecule has 0 aliphatic carbocycles. The van der Waals surface area contributed by atoms with Gasteiger partial charge in [-0.2, -0.15) is 0 Å². The number of halogens is 1. The first-order valence-corrected chi connectivity index (χ1v) is 9.44. The Balaban J connectivity index is 1.52. The predicted octanol–water partition coefficient (Wildman–Crippen LogP) is 4.59. The van der Waals surface area contributed by atoms with Crippen molar-refractivity contribution in [3.63, 3.8) is 0 Å². The molecule has 2 amide bonds. The first kappa shape index (κ1) is 17.8. The largest absolute Gasteiger partial charge is 0.493 e. The molecule has 0 saturated heterocycles. The minimum absolute atomic E-state index is 0.0254. The Bertz CT molecular complexity index is 721. The molecule has 5 heteroatoms. The molecule has 0 saturated carbocycles. The van der Waals surface area contributed by atoms with E-state index in [1.165, 1.54) is 5.56 Å². The summed E-state index contributed by atoms with van der Waals surface area (Å²) in [6.45, 7) is 2.65. The molecule has 0 fully saturated rings. The van der Waals surface area contributed by atoms with Gasteiger partial charge in [0.2, 0.25) is 0 Å². The van der Waals surface area contributed by atoms with Crippen LogP contribution in [0.5, 0.6) is 5.75 Å². The quantitative estimate of drug-likeness (QED) is 0.767. The van der Waals surface area contributed by atoms with Crippen molar-refractivity contribution in [1.29, 1.82) is 0 Å². The standard InChI is InChI=1S/C20H23BrN2O2/c1-14(7-8-15-5-3-2-4-6-15)22-20(24)23-18-11-12-25-19-10-9-16(21)13-17(18)19/h2-6,9-10,13-14,18H,7-8,11-12H2,1H3,(H2,22,23,24). The van der Waals surface area contributed by atoms with Crippen LogP contribution in [0.15, 0.2) is 53.0 Å². The third kappa shape index (κ3) is 4.98. The fourth-order valence-corrected chi connectivity index (χ4v) is 3.42. The van der Waals surface area contributed by atoms with Gasteiger partial charge in [0.1, 0.15) is 5.75 Å². The predicted molar refractivity (Wildman–Crippen MR) is 103 cm³/mol. The molecule has 0 spiro atoms. The SMILES string of the molecule is CC(CCc1ccccc1)NC(=O)NC1CCOc2ccc(Br)cc21. The third-order valence-corrected chi connectivity index (χ3v) is 4.90. The van der Waals surface area contributed by atoms with Crippen LogP contribution in [-0.2, 0) is 6.42 Å². The second kappa shape index (κ2) is 8.39. The normalized spacial score (nSPS) is 17.1. The molecule has 2 aromatic carbocycles. The molecule has 0 aromatic heterocycles. The molecule has 2 unspecified atom stereocenters. The number of amides is 2.